The van der Waals surface area contributed by atoms with Crippen LogP contribution in [0.25, 0.3) is 5.57 Å². The Morgan fingerprint density at radius 2 is 1.62 bits per heavy atom. The lowest BCUT2D eigenvalue weighted by Gasteiger charge is -2.22. The van der Waals surface area contributed by atoms with Crippen molar-refractivity contribution < 1.29 is 14.3 Å². The predicted octanol–water partition coefficient (Wildman–Crippen LogP) is 5.51. The van der Waals surface area contributed by atoms with Crippen LogP contribution in [0.2, 0.25) is 0 Å². The van der Waals surface area contributed by atoms with E-state index in [1.165, 1.54) is 4.90 Å². The molecule has 5 heteroatoms. The van der Waals surface area contributed by atoms with Gasteiger partial charge in [0.1, 0.15) is 11.4 Å². The van der Waals surface area contributed by atoms with Crippen LogP contribution in [0.15, 0.2) is 78.5 Å². The summed E-state index contributed by atoms with van der Waals surface area (Å²) in [5.74, 6) is -0.0149. The first kappa shape index (κ1) is 23.3. The van der Waals surface area contributed by atoms with Gasteiger partial charge in [0.25, 0.3) is 11.8 Å². The average Bonchev–Trinajstić information content (AvgIpc) is 3.10. The largest absolute Gasteiger partial charge is 0.494 e. The lowest BCUT2D eigenvalue weighted by atomic mass is 9.99. The fraction of sp³-hybridized carbons (Fsp3) is 0.241. The molecule has 3 aromatic rings. The molecule has 0 saturated heterocycles. The van der Waals surface area contributed by atoms with E-state index in [0.717, 1.165) is 28.7 Å². The summed E-state index contributed by atoms with van der Waals surface area (Å²) < 4.78 is 5.75. The van der Waals surface area contributed by atoms with Gasteiger partial charge in [-0.3, -0.25) is 9.59 Å². The van der Waals surface area contributed by atoms with Crippen molar-refractivity contribution in [2.45, 2.75) is 33.7 Å². The SMILES string of the molecule is CCCOc1cccc(N2C(=O)C(c3ccc(C)c(C)c3)=C(N(C)Cc3ccccc3)C2=O)c1. The summed E-state index contributed by atoms with van der Waals surface area (Å²) in [5.41, 5.74) is 5.35. The number of ether oxygens (including phenoxy) is 1. The zero-order chi connectivity index (χ0) is 24.2. The highest BCUT2D eigenvalue weighted by Crippen LogP contribution is 2.36. The number of hydrogen-bond donors (Lipinski definition) is 0. The number of amides is 2. The fourth-order valence-electron chi connectivity index (χ4n) is 4.13. The lowest BCUT2D eigenvalue weighted by molar-refractivity contribution is -0.120. The zero-order valence-electron chi connectivity index (χ0n) is 20.2. The van der Waals surface area contributed by atoms with Gasteiger partial charge in [-0.05, 0) is 54.7 Å². The van der Waals surface area contributed by atoms with E-state index in [1.54, 1.807) is 12.1 Å². The second kappa shape index (κ2) is 9.96. The Bertz CT molecular complexity index is 1250. The number of imide groups is 1. The van der Waals surface area contributed by atoms with Crippen LogP contribution in [0, 0.1) is 13.8 Å². The van der Waals surface area contributed by atoms with E-state index in [9.17, 15) is 9.59 Å². The van der Waals surface area contributed by atoms with E-state index in [2.05, 4.69) is 0 Å². The van der Waals surface area contributed by atoms with Crippen molar-refractivity contribution in [3.8, 4) is 5.75 Å². The van der Waals surface area contributed by atoms with E-state index in [4.69, 9.17) is 4.74 Å². The topological polar surface area (TPSA) is 49.9 Å². The van der Waals surface area contributed by atoms with E-state index in [-0.39, 0.29) is 11.8 Å². The van der Waals surface area contributed by atoms with Crippen LogP contribution in [-0.2, 0) is 16.1 Å². The second-order valence-corrected chi connectivity index (χ2v) is 8.66. The molecule has 0 aliphatic carbocycles. The van der Waals surface area contributed by atoms with Gasteiger partial charge in [-0.15, -0.1) is 0 Å². The molecule has 0 N–H and O–H groups in total. The Labute approximate surface area is 201 Å². The number of anilines is 1. The summed E-state index contributed by atoms with van der Waals surface area (Å²) >= 11 is 0. The first-order chi connectivity index (χ1) is 16.4. The molecule has 0 radical (unpaired) electrons. The van der Waals surface area contributed by atoms with Crippen molar-refractivity contribution in [3.63, 3.8) is 0 Å². The number of carbonyl (C=O) groups excluding carboxylic acids is 2. The maximum atomic E-state index is 13.8. The summed E-state index contributed by atoms with van der Waals surface area (Å²) in [4.78, 5) is 30.7. The molecular weight excluding hydrogens is 424 g/mol. The molecular formula is C29H30N2O3. The predicted molar refractivity (Wildman–Crippen MR) is 135 cm³/mol. The molecule has 0 bridgehead atoms. The van der Waals surface area contributed by atoms with Crippen molar-refractivity contribution in [2.75, 3.05) is 18.6 Å². The molecule has 0 atom stereocenters. The van der Waals surface area contributed by atoms with Crippen molar-refractivity contribution in [1.29, 1.82) is 0 Å². The maximum Gasteiger partial charge on any atom is 0.282 e. The normalized spacial score (nSPS) is 13.6. The van der Waals surface area contributed by atoms with Crippen LogP contribution in [0.5, 0.6) is 5.75 Å². The van der Waals surface area contributed by atoms with Crippen molar-refractivity contribution in [1.82, 2.24) is 4.90 Å². The van der Waals surface area contributed by atoms with Gasteiger partial charge in [-0.25, -0.2) is 4.90 Å². The Morgan fingerprint density at radius 1 is 0.853 bits per heavy atom. The Kier molecular flexibility index (Phi) is 6.82. The number of aryl methyl sites for hydroxylation is 2. The van der Waals surface area contributed by atoms with Crippen molar-refractivity contribution in [3.05, 3.63) is 101 Å². The second-order valence-electron chi connectivity index (χ2n) is 8.66. The average molecular weight is 455 g/mol. The maximum absolute atomic E-state index is 13.8. The molecule has 3 aromatic carbocycles. The highest BCUT2D eigenvalue weighted by Gasteiger charge is 2.42. The standard InChI is InChI=1S/C29H30N2O3/c1-5-16-34-25-13-9-12-24(18-25)31-28(32)26(23-15-14-20(2)21(3)17-23)27(29(31)33)30(4)19-22-10-7-6-8-11-22/h6-15,17-18H,5,16,19H2,1-4H3. The molecule has 2 amide bonds. The minimum absolute atomic E-state index is 0.323. The van der Waals surface area contributed by atoms with Gasteiger partial charge < -0.3 is 9.64 Å². The molecule has 0 fully saturated rings. The molecule has 0 aromatic heterocycles. The summed E-state index contributed by atoms with van der Waals surface area (Å²) in [5, 5.41) is 0. The van der Waals surface area contributed by atoms with Gasteiger partial charge in [0.15, 0.2) is 0 Å². The van der Waals surface area contributed by atoms with Crippen molar-refractivity contribution in [2.24, 2.45) is 0 Å². The molecule has 174 valence electrons. The number of nitrogens with zero attached hydrogens (tertiary/aromatic N) is 2. The van der Waals surface area contributed by atoms with Crippen molar-refractivity contribution >= 4 is 23.1 Å². The zero-order valence-corrected chi connectivity index (χ0v) is 20.2. The van der Waals surface area contributed by atoms with Crippen LogP contribution in [-0.4, -0.2) is 30.4 Å². The van der Waals surface area contributed by atoms with Gasteiger partial charge in [-0.1, -0.05) is 61.5 Å². The van der Waals surface area contributed by atoms with Gasteiger partial charge >= 0.3 is 0 Å². The molecule has 1 aliphatic rings. The van der Waals surface area contributed by atoms with E-state index in [0.29, 0.717) is 35.9 Å². The van der Waals surface area contributed by atoms with Gasteiger partial charge in [0.2, 0.25) is 0 Å². The number of rotatable bonds is 8. The van der Waals surface area contributed by atoms with Crippen LogP contribution < -0.4 is 9.64 Å². The van der Waals surface area contributed by atoms with Crippen LogP contribution in [0.1, 0.15) is 35.6 Å². The third-order valence-corrected chi connectivity index (χ3v) is 6.05. The van der Waals surface area contributed by atoms with E-state index < -0.39 is 0 Å². The highest BCUT2D eigenvalue weighted by atomic mass is 16.5. The van der Waals surface area contributed by atoms with E-state index in [1.807, 2.05) is 93.4 Å². The Hall–Kier alpha value is -3.86. The third-order valence-electron chi connectivity index (χ3n) is 6.05. The van der Waals surface area contributed by atoms with Gasteiger partial charge in [-0.2, -0.15) is 0 Å². The summed E-state index contributed by atoms with van der Waals surface area (Å²) in [6.45, 7) is 7.16. The summed E-state index contributed by atoms with van der Waals surface area (Å²) in [7, 11) is 1.86. The van der Waals surface area contributed by atoms with Gasteiger partial charge in [0.05, 0.1) is 17.9 Å². The highest BCUT2D eigenvalue weighted by molar-refractivity contribution is 6.45. The molecule has 4 rings (SSSR count). The number of carbonyl (C=O) groups is 2. The quantitative estimate of drug-likeness (QED) is 0.421. The minimum Gasteiger partial charge on any atom is -0.494 e. The molecule has 34 heavy (non-hydrogen) atoms. The van der Waals surface area contributed by atoms with Gasteiger partial charge in [0, 0.05) is 19.7 Å². The van der Waals surface area contributed by atoms with Crippen LogP contribution in [0.3, 0.4) is 0 Å². The molecule has 5 nitrogen and oxygen atoms in total. The molecule has 0 unspecified atom stereocenters. The third kappa shape index (κ3) is 4.60. The molecule has 1 heterocycles. The Balaban J connectivity index is 1.78. The molecule has 0 saturated carbocycles. The first-order valence-electron chi connectivity index (χ1n) is 11.6. The number of benzene rings is 3. The summed E-state index contributed by atoms with van der Waals surface area (Å²) in [6, 6.07) is 23.0. The monoisotopic (exact) mass is 454 g/mol. The Morgan fingerprint density at radius 3 is 2.32 bits per heavy atom. The van der Waals surface area contributed by atoms with E-state index >= 15 is 0 Å². The first-order valence-corrected chi connectivity index (χ1v) is 11.6. The number of hydrogen-bond acceptors (Lipinski definition) is 4. The van der Waals surface area contributed by atoms with Crippen LogP contribution >= 0.6 is 0 Å². The minimum atomic E-state index is -0.329. The number of likely N-dealkylation sites (N-methyl/N-ethyl adjacent to an activating group) is 1. The lowest BCUT2D eigenvalue weighted by Crippen LogP contribution is -2.34. The smallest absolute Gasteiger partial charge is 0.282 e. The van der Waals surface area contributed by atoms with Crippen LogP contribution in [0.4, 0.5) is 5.69 Å². The molecule has 1 aliphatic heterocycles. The summed E-state index contributed by atoms with van der Waals surface area (Å²) in [6.07, 6.45) is 0.874. The molecule has 0 spiro atoms. The fourth-order valence-corrected chi connectivity index (χ4v) is 4.13.